The first-order chi connectivity index (χ1) is 9.88. The zero-order valence-electron chi connectivity index (χ0n) is 10.9. The molecule has 21 heavy (non-hydrogen) atoms. The topological polar surface area (TPSA) is 110 Å². The van der Waals surface area contributed by atoms with Crippen LogP contribution in [0.25, 0.3) is 0 Å². The number of aromatic carboxylic acids is 1. The van der Waals surface area contributed by atoms with Crippen LogP contribution >= 0.6 is 11.6 Å². The van der Waals surface area contributed by atoms with E-state index in [-0.39, 0.29) is 28.5 Å². The molecule has 0 radical (unpaired) electrons. The highest BCUT2D eigenvalue weighted by Crippen LogP contribution is 2.31. The van der Waals surface area contributed by atoms with E-state index in [1.165, 1.54) is 0 Å². The molecule has 0 spiro atoms. The van der Waals surface area contributed by atoms with Crippen molar-refractivity contribution in [2.75, 3.05) is 5.32 Å². The molecule has 0 unspecified atom stereocenters. The number of nitro benzene ring substituents is 1. The number of anilines is 1. The van der Waals surface area contributed by atoms with Gasteiger partial charge in [0.25, 0.3) is 5.69 Å². The second-order valence-electron chi connectivity index (χ2n) is 4.25. The maximum atomic E-state index is 11.2. The lowest BCUT2D eigenvalue weighted by Gasteiger charge is -2.10. The van der Waals surface area contributed by atoms with Crippen LogP contribution in [-0.4, -0.2) is 25.8 Å². The minimum absolute atomic E-state index is 0.0301. The lowest BCUT2D eigenvalue weighted by atomic mass is 10.1. The third-order valence-electron chi connectivity index (χ3n) is 2.73. The van der Waals surface area contributed by atoms with Crippen LogP contribution in [-0.2, 0) is 13.6 Å². The van der Waals surface area contributed by atoms with Crippen molar-refractivity contribution in [3.8, 4) is 0 Å². The number of nitro groups is 1. The fourth-order valence-corrected chi connectivity index (χ4v) is 2.06. The van der Waals surface area contributed by atoms with Gasteiger partial charge in [-0.2, -0.15) is 5.10 Å². The second-order valence-corrected chi connectivity index (χ2v) is 4.65. The molecule has 0 aliphatic carbocycles. The number of benzene rings is 1. The van der Waals surface area contributed by atoms with Gasteiger partial charge in [-0.1, -0.05) is 11.6 Å². The summed E-state index contributed by atoms with van der Waals surface area (Å²) in [5, 5.41) is 26.8. The maximum Gasteiger partial charge on any atom is 0.338 e. The summed E-state index contributed by atoms with van der Waals surface area (Å²) < 4.78 is 1.60. The maximum absolute atomic E-state index is 11.2. The summed E-state index contributed by atoms with van der Waals surface area (Å²) in [4.78, 5) is 21.3. The Kier molecular flexibility index (Phi) is 4.08. The molecular weight excluding hydrogens is 300 g/mol. The van der Waals surface area contributed by atoms with E-state index in [4.69, 9.17) is 16.7 Å². The van der Waals surface area contributed by atoms with E-state index < -0.39 is 10.9 Å². The first-order valence-corrected chi connectivity index (χ1v) is 6.20. The molecule has 2 N–H and O–H groups in total. The molecule has 2 rings (SSSR count). The highest BCUT2D eigenvalue weighted by atomic mass is 35.5. The van der Waals surface area contributed by atoms with Gasteiger partial charge in [-0.15, -0.1) is 0 Å². The van der Waals surface area contributed by atoms with Crippen molar-refractivity contribution in [1.29, 1.82) is 0 Å². The summed E-state index contributed by atoms with van der Waals surface area (Å²) in [6.45, 7) is 0.249. The Morgan fingerprint density at radius 1 is 1.57 bits per heavy atom. The Morgan fingerprint density at radius 2 is 2.29 bits per heavy atom. The van der Waals surface area contributed by atoms with E-state index in [2.05, 4.69) is 10.4 Å². The summed E-state index contributed by atoms with van der Waals surface area (Å²) in [6.07, 6.45) is 1.74. The molecule has 1 heterocycles. The number of hydrogen-bond donors (Lipinski definition) is 2. The summed E-state index contributed by atoms with van der Waals surface area (Å²) in [5.74, 6) is -1.30. The van der Waals surface area contributed by atoms with Crippen LogP contribution in [0.1, 0.15) is 16.1 Å². The van der Waals surface area contributed by atoms with Crippen LogP contribution < -0.4 is 5.32 Å². The van der Waals surface area contributed by atoms with Gasteiger partial charge < -0.3 is 10.4 Å². The van der Waals surface area contributed by atoms with E-state index in [1.54, 1.807) is 24.0 Å². The van der Waals surface area contributed by atoms with Crippen LogP contribution in [0.4, 0.5) is 11.4 Å². The minimum atomic E-state index is -1.30. The van der Waals surface area contributed by atoms with Gasteiger partial charge in [-0.25, -0.2) is 4.79 Å². The molecule has 110 valence electrons. The third kappa shape index (κ3) is 3.29. The molecule has 0 amide bonds. The molecule has 0 bridgehead atoms. The van der Waals surface area contributed by atoms with Crippen LogP contribution in [0.3, 0.4) is 0 Å². The molecule has 0 fully saturated rings. The molecule has 2 aromatic rings. The number of hydrogen-bond acceptors (Lipinski definition) is 5. The number of nitrogens with one attached hydrogen (secondary N) is 1. The third-order valence-corrected chi connectivity index (χ3v) is 3.03. The Bertz CT molecular complexity index is 713. The van der Waals surface area contributed by atoms with E-state index >= 15 is 0 Å². The van der Waals surface area contributed by atoms with Gasteiger partial charge in [0.2, 0.25) is 0 Å². The lowest BCUT2D eigenvalue weighted by Crippen LogP contribution is -2.08. The predicted octanol–water partition coefficient (Wildman–Crippen LogP) is 2.29. The van der Waals surface area contributed by atoms with E-state index in [0.29, 0.717) is 5.69 Å². The molecule has 1 aromatic heterocycles. The number of nitrogens with zero attached hydrogens (tertiary/aromatic N) is 3. The Labute approximate surface area is 124 Å². The highest BCUT2D eigenvalue weighted by molar-refractivity contribution is 6.34. The van der Waals surface area contributed by atoms with Gasteiger partial charge in [-0.3, -0.25) is 14.8 Å². The van der Waals surface area contributed by atoms with E-state index in [1.807, 2.05) is 0 Å². The summed E-state index contributed by atoms with van der Waals surface area (Å²) in [7, 11) is 1.75. The number of carboxylic acids is 1. The first kappa shape index (κ1) is 14.8. The van der Waals surface area contributed by atoms with Gasteiger partial charge in [0.05, 0.1) is 33.4 Å². The highest BCUT2D eigenvalue weighted by Gasteiger charge is 2.20. The summed E-state index contributed by atoms with van der Waals surface area (Å²) in [5.41, 5.74) is 0.176. The van der Waals surface area contributed by atoms with Gasteiger partial charge in [0, 0.05) is 25.4 Å². The molecule has 0 saturated carbocycles. The molecule has 9 heteroatoms. The van der Waals surface area contributed by atoms with Crippen molar-refractivity contribution in [2.45, 2.75) is 6.54 Å². The smallest absolute Gasteiger partial charge is 0.338 e. The zero-order valence-corrected chi connectivity index (χ0v) is 11.7. The molecule has 0 atom stereocenters. The number of halogens is 1. The van der Waals surface area contributed by atoms with Crippen LogP contribution in [0.5, 0.6) is 0 Å². The van der Waals surface area contributed by atoms with Gasteiger partial charge >= 0.3 is 5.97 Å². The molecule has 1 aromatic carbocycles. The van der Waals surface area contributed by atoms with Crippen molar-refractivity contribution in [3.05, 3.63) is 50.8 Å². The SMILES string of the molecule is Cn1ccc(CNc2c(Cl)cc([N+](=O)[O-])cc2C(=O)O)n1. The number of aryl methyl sites for hydroxylation is 1. The fourth-order valence-electron chi connectivity index (χ4n) is 1.78. The van der Waals surface area contributed by atoms with E-state index in [0.717, 1.165) is 12.1 Å². The Morgan fingerprint density at radius 3 is 2.81 bits per heavy atom. The Balaban J connectivity index is 2.33. The largest absolute Gasteiger partial charge is 0.478 e. The van der Waals surface area contributed by atoms with Crippen LogP contribution in [0.2, 0.25) is 5.02 Å². The number of non-ortho nitro benzene ring substituents is 1. The number of aromatic nitrogens is 2. The average molecular weight is 311 g/mol. The quantitative estimate of drug-likeness (QED) is 0.647. The minimum Gasteiger partial charge on any atom is -0.478 e. The van der Waals surface area contributed by atoms with Gasteiger partial charge in [0.15, 0.2) is 0 Å². The van der Waals surface area contributed by atoms with Gasteiger partial charge in [0.1, 0.15) is 0 Å². The van der Waals surface area contributed by atoms with Crippen LogP contribution in [0.15, 0.2) is 24.4 Å². The fraction of sp³-hybridized carbons (Fsp3) is 0.167. The van der Waals surface area contributed by atoms with Gasteiger partial charge in [-0.05, 0) is 6.07 Å². The van der Waals surface area contributed by atoms with Crippen molar-refractivity contribution < 1.29 is 14.8 Å². The predicted molar refractivity (Wildman–Crippen MR) is 75.6 cm³/mol. The summed E-state index contributed by atoms with van der Waals surface area (Å²) >= 11 is 5.94. The number of carbonyl (C=O) groups is 1. The standard InChI is InChI=1S/C12H11ClN4O4/c1-16-3-2-7(15-16)6-14-11-9(12(18)19)4-8(17(20)21)5-10(11)13/h2-5,14H,6H2,1H3,(H,18,19). The Hall–Kier alpha value is -2.61. The summed E-state index contributed by atoms with van der Waals surface area (Å²) in [6, 6.07) is 3.83. The average Bonchev–Trinajstić information content (AvgIpc) is 2.82. The number of rotatable bonds is 5. The second kappa shape index (κ2) is 5.80. The molecule has 0 aliphatic rings. The molecular formula is C12H11ClN4O4. The zero-order chi connectivity index (χ0) is 15.6. The van der Waals surface area contributed by atoms with Crippen molar-refractivity contribution in [3.63, 3.8) is 0 Å². The number of carboxylic acid groups (broad SMARTS) is 1. The van der Waals surface area contributed by atoms with Crippen molar-refractivity contribution in [1.82, 2.24) is 9.78 Å². The lowest BCUT2D eigenvalue weighted by molar-refractivity contribution is -0.384. The van der Waals surface area contributed by atoms with Crippen molar-refractivity contribution >= 4 is 28.9 Å². The normalized spacial score (nSPS) is 10.4. The van der Waals surface area contributed by atoms with Crippen molar-refractivity contribution in [2.24, 2.45) is 7.05 Å². The molecule has 0 aliphatic heterocycles. The van der Waals surface area contributed by atoms with E-state index in [9.17, 15) is 14.9 Å². The van der Waals surface area contributed by atoms with Crippen LogP contribution in [0, 0.1) is 10.1 Å². The molecule has 0 saturated heterocycles. The monoisotopic (exact) mass is 310 g/mol. The first-order valence-electron chi connectivity index (χ1n) is 5.82. The molecule has 8 nitrogen and oxygen atoms in total.